The average molecular weight is 497 g/mol. The minimum absolute atomic E-state index is 0.0209. The number of esters is 1. The summed E-state index contributed by atoms with van der Waals surface area (Å²) in [7, 11) is 4.67. The van der Waals surface area contributed by atoms with E-state index < -0.39 is 29.7 Å². The van der Waals surface area contributed by atoms with Gasteiger partial charge in [0, 0.05) is 28.2 Å². The Morgan fingerprint density at radius 3 is 2.29 bits per heavy atom. The topological polar surface area (TPSA) is 71.8 Å². The van der Waals surface area contributed by atoms with Crippen molar-refractivity contribution in [3.8, 4) is 0 Å². The number of fused-ring (bicyclic) bond motifs is 1. The van der Waals surface area contributed by atoms with Gasteiger partial charge in [0.15, 0.2) is 0 Å². The molecule has 2 aromatic carbocycles. The molecule has 1 unspecified atom stereocenters. The van der Waals surface area contributed by atoms with Crippen LogP contribution in [0.15, 0.2) is 36.4 Å². The highest BCUT2D eigenvalue weighted by atomic mass is 35.5. The van der Waals surface area contributed by atoms with E-state index in [1.54, 1.807) is 19.0 Å². The van der Waals surface area contributed by atoms with Crippen molar-refractivity contribution in [2.45, 2.75) is 32.2 Å². The molecule has 182 valence electrons. The van der Waals surface area contributed by atoms with E-state index in [2.05, 4.69) is 0 Å². The second-order valence-corrected chi connectivity index (χ2v) is 8.63. The predicted molar refractivity (Wildman–Crippen MR) is 122 cm³/mol. The quantitative estimate of drug-likeness (QED) is 0.495. The number of alkyl halides is 3. The molecule has 34 heavy (non-hydrogen) atoms. The second kappa shape index (κ2) is 9.77. The van der Waals surface area contributed by atoms with Gasteiger partial charge in [-0.3, -0.25) is 14.2 Å². The number of hydrogen-bond donors (Lipinski definition) is 1. The summed E-state index contributed by atoms with van der Waals surface area (Å²) in [6.45, 7) is 1.39. The van der Waals surface area contributed by atoms with E-state index in [9.17, 15) is 27.9 Å². The van der Waals surface area contributed by atoms with E-state index in [-0.39, 0.29) is 35.0 Å². The Morgan fingerprint density at radius 1 is 1.18 bits per heavy atom. The van der Waals surface area contributed by atoms with Crippen LogP contribution in [0.3, 0.4) is 0 Å². The van der Waals surface area contributed by atoms with E-state index in [1.165, 1.54) is 48.9 Å². The molecule has 0 saturated heterocycles. The molecule has 0 spiro atoms. The van der Waals surface area contributed by atoms with Crippen molar-refractivity contribution in [1.82, 2.24) is 9.47 Å². The van der Waals surface area contributed by atoms with Crippen LogP contribution in [-0.2, 0) is 28.7 Å². The second-order valence-electron chi connectivity index (χ2n) is 8.19. The molecule has 0 aliphatic rings. The number of rotatable bonds is 6. The van der Waals surface area contributed by atoms with Crippen molar-refractivity contribution in [2.75, 3.05) is 21.2 Å². The Labute approximate surface area is 199 Å². The van der Waals surface area contributed by atoms with Crippen LogP contribution >= 0.6 is 11.6 Å². The lowest BCUT2D eigenvalue weighted by Crippen LogP contribution is -2.21. The highest BCUT2D eigenvalue weighted by Gasteiger charge is 2.36. The minimum Gasteiger partial charge on any atom is -0.469 e. The number of ether oxygens (including phenoxy) is 1. The molecule has 0 aliphatic carbocycles. The van der Waals surface area contributed by atoms with Gasteiger partial charge in [-0.1, -0.05) is 11.6 Å². The fourth-order valence-corrected chi connectivity index (χ4v) is 4.02. The van der Waals surface area contributed by atoms with Crippen molar-refractivity contribution in [3.05, 3.63) is 69.4 Å². The number of nitrogens with zero attached hydrogens (tertiary/aromatic N) is 2. The van der Waals surface area contributed by atoms with Crippen molar-refractivity contribution in [3.63, 3.8) is 0 Å². The summed E-state index contributed by atoms with van der Waals surface area (Å²) in [4.78, 5) is 27.5. The van der Waals surface area contributed by atoms with Gasteiger partial charge in [-0.05, 0) is 68.5 Å². The number of hydrogen-bond acceptors (Lipinski definition) is 5. The molecule has 1 N–H and O–H groups in total. The lowest BCUT2D eigenvalue weighted by molar-refractivity contribution is -0.140. The molecule has 6 nitrogen and oxygen atoms in total. The number of methoxy groups -OCH3 is 1. The van der Waals surface area contributed by atoms with Gasteiger partial charge in [0.25, 0.3) is 5.91 Å². The maximum atomic E-state index is 13.9. The highest BCUT2D eigenvalue weighted by Crippen LogP contribution is 2.40. The Hall–Kier alpha value is -2.88. The molecule has 3 aromatic rings. The van der Waals surface area contributed by atoms with Crippen LogP contribution in [0.2, 0.25) is 5.02 Å². The summed E-state index contributed by atoms with van der Waals surface area (Å²) in [6.07, 6.45) is -6.47. The van der Waals surface area contributed by atoms with Crippen LogP contribution in [-0.4, -0.2) is 47.7 Å². The van der Waals surface area contributed by atoms with Gasteiger partial charge in [0.1, 0.15) is 0 Å². The summed E-state index contributed by atoms with van der Waals surface area (Å²) in [5, 5.41) is 10.8. The molecular weight excluding hydrogens is 473 g/mol. The summed E-state index contributed by atoms with van der Waals surface area (Å²) in [6, 6.07) is 8.02. The van der Waals surface area contributed by atoms with E-state index in [4.69, 9.17) is 16.3 Å². The van der Waals surface area contributed by atoms with Gasteiger partial charge in [-0.2, -0.15) is 13.2 Å². The number of carbonyl (C=O) groups excluding carboxylic acids is 2. The number of aromatic nitrogens is 1. The van der Waals surface area contributed by atoms with Gasteiger partial charge >= 0.3 is 12.1 Å². The minimum atomic E-state index is -4.77. The molecule has 0 fully saturated rings. The monoisotopic (exact) mass is 496 g/mol. The van der Waals surface area contributed by atoms with Gasteiger partial charge in [-0.15, -0.1) is 0 Å². The number of benzene rings is 2. The van der Waals surface area contributed by atoms with Crippen molar-refractivity contribution in [1.29, 1.82) is 0 Å². The third-order valence-corrected chi connectivity index (χ3v) is 5.67. The highest BCUT2D eigenvalue weighted by molar-refractivity contribution is 6.30. The zero-order valence-electron chi connectivity index (χ0n) is 19.0. The van der Waals surface area contributed by atoms with Crippen LogP contribution in [0, 0.1) is 0 Å². The average Bonchev–Trinajstić information content (AvgIpc) is 3.03. The SMILES string of the molecule is COC(=O)Cc1c(CN(C)C)n(C(=O)c2ccc(Cl)cc2)c2cc(C(F)(F)F)c(C(C)O)cc12. The Balaban J connectivity index is 2.46. The molecule has 0 aliphatic heterocycles. The molecule has 1 atom stereocenters. The summed E-state index contributed by atoms with van der Waals surface area (Å²) < 4.78 is 47.7. The van der Waals surface area contributed by atoms with Crippen LogP contribution in [0.1, 0.15) is 45.8 Å². The molecular formula is C24H24ClF3N2O4. The third kappa shape index (κ3) is 5.11. The largest absolute Gasteiger partial charge is 0.469 e. The molecule has 0 bridgehead atoms. The first-order valence-electron chi connectivity index (χ1n) is 10.3. The maximum absolute atomic E-state index is 13.9. The zero-order chi connectivity index (χ0) is 25.4. The van der Waals surface area contributed by atoms with Crippen molar-refractivity contribution >= 4 is 34.4 Å². The number of aliphatic hydroxyl groups excluding tert-OH is 1. The Morgan fingerprint density at radius 2 is 1.79 bits per heavy atom. The molecule has 3 rings (SSSR count). The normalized spacial score (nSPS) is 12.9. The van der Waals surface area contributed by atoms with Crippen LogP contribution in [0.25, 0.3) is 10.9 Å². The molecule has 1 heterocycles. The van der Waals surface area contributed by atoms with E-state index in [0.29, 0.717) is 16.3 Å². The smallest absolute Gasteiger partial charge is 0.416 e. The molecule has 0 amide bonds. The van der Waals surface area contributed by atoms with Crippen molar-refractivity contribution in [2.24, 2.45) is 0 Å². The summed E-state index contributed by atoms with van der Waals surface area (Å²) in [5.41, 5.74) is -0.515. The third-order valence-electron chi connectivity index (χ3n) is 5.42. The zero-order valence-corrected chi connectivity index (χ0v) is 19.8. The summed E-state index contributed by atoms with van der Waals surface area (Å²) in [5.74, 6) is -1.19. The van der Waals surface area contributed by atoms with E-state index in [1.807, 2.05) is 0 Å². The number of halogens is 4. The molecule has 0 radical (unpaired) electrons. The summed E-state index contributed by atoms with van der Waals surface area (Å²) >= 11 is 5.93. The Kier molecular flexibility index (Phi) is 7.40. The lowest BCUT2D eigenvalue weighted by atomic mass is 9.97. The van der Waals surface area contributed by atoms with Crippen LogP contribution in [0.5, 0.6) is 0 Å². The van der Waals surface area contributed by atoms with Crippen LogP contribution in [0.4, 0.5) is 13.2 Å². The van der Waals surface area contributed by atoms with Crippen LogP contribution < -0.4 is 0 Å². The fraction of sp³-hybridized carbons (Fsp3) is 0.333. The van der Waals surface area contributed by atoms with Gasteiger partial charge in [0.05, 0.1) is 30.7 Å². The molecule has 1 aromatic heterocycles. The molecule has 10 heteroatoms. The Bertz CT molecular complexity index is 1230. The van der Waals surface area contributed by atoms with Gasteiger partial charge < -0.3 is 14.7 Å². The predicted octanol–water partition coefficient (Wildman–Crippen LogP) is 4.83. The molecule has 0 saturated carbocycles. The van der Waals surface area contributed by atoms with Gasteiger partial charge in [0.2, 0.25) is 0 Å². The number of carbonyl (C=O) groups is 2. The lowest BCUT2D eigenvalue weighted by Gasteiger charge is -2.17. The van der Waals surface area contributed by atoms with E-state index in [0.717, 1.165) is 6.07 Å². The first-order valence-corrected chi connectivity index (χ1v) is 10.7. The first kappa shape index (κ1) is 25.7. The van der Waals surface area contributed by atoms with E-state index >= 15 is 0 Å². The maximum Gasteiger partial charge on any atom is 0.416 e. The first-order chi connectivity index (χ1) is 15.8. The number of aliphatic hydroxyl groups is 1. The van der Waals surface area contributed by atoms with Gasteiger partial charge in [-0.25, -0.2) is 0 Å². The fourth-order valence-electron chi connectivity index (χ4n) is 3.89. The standard InChI is InChI=1S/C24H24ClF3N2O4/c1-13(31)16-9-17-18(10-22(32)34-4)21(12-29(2)3)30(20(17)11-19(16)24(26,27)28)23(33)14-5-7-15(25)8-6-14/h5-9,11,13,31H,10,12H2,1-4H3. The van der Waals surface area contributed by atoms with Crippen molar-refractivity contribution < 1.29 is 32.6 Å².